The first-order chi connectivity index (χ1) is 10.3. The van der Waals surface area contributed by atoms with E-state index in [0.717, 1.165) is 19.5 Å². The van der Waals surface area contributed by atoms with E-state index in [2.05, 4.69) is 25.8 Å². The van der Waals surface area contributed by atoms with E-state index in [9.17, 15) is 9.59 Å². The zero-order valence-electron chi connectivity index (χ0n) is 15.2. The van der Waals surface area contributed by atoms with Gasteiger partial charge in [0.25, 0.3) is 0 Å². The highest BCUT2D eigenvalue weighted by molar-refractivity contribution is 5.80. The third-order valence-corrected chi connectivity index (χ3v) is 3.91. The first-order valence-corrected chi connectivity index (χ1v) is 8.30. The van der Waals surface area contributed by atoms with Crippen LogP contribution in [0.25, 0.3) is 0 Å². The highest BCUT2D eigenvalue weighted by Crippen LogP contribution is 2.01. The van der Waals surface area contributed by atoms with E-state index in [1.807, 2.05) is 20.9 Å². The lowest BCUT2D eigenvalue weighted by molar-refractivity contribution is -0.131. The van der Waals surface area contributed by atoms with Gasteiger partial charge in [-0.15, -0.1) is 0 Å². The third kappa shape index (κ3) is 9.90. The number of carbonyl (C=O) groups excluding carboxylic acids is 2. The van der Waals surface area contributed by atoms with Gasteiger partial charge in [-0.3, -0.25) is 9.59 Å². The molecule has 0 rings (SSSR count). The summed E-state index contributed by atoms with van der Waals surface area (Å²) >= 11 is 0. The van der Waals surface area contributed by atoms with Crippen molar-refractivity contribution in [1.82, 2.24) is 9.80 Å². The van der Waals surface area contributed by atoms with Crippen LogP contribution in [0.2, 0.25) is 0 Å². The van der Waals surface area contributed by atoms with Crippen LogP contribution in [0.4, 0.5) is 0 Å². The van der Waals surface area contributed by atoms with Gasteiger partial charge < -0.3 is 14.5 Å². The van der Waals surface area contributed by atoms with Gasteiger partial charge in [-0.05, 0) is 33.9 Å². The quantitative estimate of drug-likeness (QED) is 0.518. The van der Waals surface area contributed by atoms with Crippen molar-refractivity contribution in [3.05, 3.63) is 0 Å². The molecule has 0 bridgehead atoms. The van der Waals surface area contributed by atoms with Gasteiger partial charge in [-0.1, -0.05) is 13.8 Å². The van der Waals surface area contributed by atoms with Gasteiger partial charge in [0.15, 0.2) is 0 Å². The molecule has 130 valence electrons. The minimum absolute atomic E-state index is 0.0559. The Bertz CT molecular complexity index is 330. The molecular weight excluding hydrogens is 280 g/mol. The molecule has 0 aromatic carbocycles. The molecular formula is C17H34N2O3. The second-order valence-electron chi connectivity index (χ2n) is 6.48. The van der Waals surface area contributed by atoms with Gasteiger partial charge in [0.1, 0.15) is 5.78 Å². The van der Waals surface area contributed by atoms with Crippen LogP contribution in [0.1, 0.15) is 47.0 Å². The summed E-state index contributed by atoms with van der Waals surface area (Å²) in [5.74, 6) is 0.362. The first-order valence-electron chi connectivity index (χ1n) is 8.30. The molecule has 5 heteroatoms. The maximum Gasteiger partial charge on any atom is 0.224 e. The number of ketones is 1. The van der Waals surface area contributed by atoms with Crippen LogP contribution in [-0.2, 0) is 14.3 Å². The van der Waals surface area contributed by atoms with Gasteiger partial charge in [-0.2, -0.15) is 0 Å². The zero-order chi connectivity index (χ0) is 17.1. The number of carbonyl (C=O) groups is 2. The van der Waals surface area contributed by atoms with Crippen LogP contribution in [0.3, 0.4) is 0 Å². The van der Waals surface area contributed by atoms with E-state index in [1.54, 1.807) is 4.90 Å². The fraction of sp³-hybridized carbons (Fsp3) is 0.882. The largest absolute Gasteiger partial charge is 0.380 e. The molecule has 5 nitrogen and oxygen atoms in total. The van der Waals surface area contributed by atoms with Crippen LogP contribution < -0.4 is 0 Å². The van der Waals surface area contributed by atoms with E-state index in [-0.39, 0.29) is 17.6 Å². The maximum absolute atomic E-state index is 11.9. The molecule has 0 N–H and O–H groups in total. The summed E-state index contributed by atoms with van der Waals surface area (Å²) in [4.78, 5) is 27.4. The van der Waals surface area contributed by atoms with E-state index >= 15 is 0 Å². The average molecular weight is 314 g/mol. The Kier molecular flexibility index (Phi) is 11.1. The van der Waals surface area contributed by atoms with Crippen LogP contribution >= 0.6 is 0 Å². The van der Waals surface area contributed by atoms with E-state index in [1.165, 1.54) is 0 Å². The lowest BCUT2D eigenvalue weighted by Gasteiger charge is -2.23. The smallest absolute Gasteiger partial charge is 0.224 e. The highest BCUT2D eigenvalue weighted by atomic mass is 16.5. The molecule has 0 aromatic rings. The molecule has 0 unspecified atom stereocenters. The van der Waals surface area contributed by atoms with Crippen LogP contribution in [-0.4, -0.2) is 67.9 Å². The minimum Gasteiger partial charge on any atom is -0.380 e. The Labute approximate surface area is 136 Å². The summed E-state index contributed by atoms with van der Waals surface area (Å²) in [5.41, 5.74) is 0. The van der Waals surface area contributed by atoms with Crippen molar-refractivity contribution in [2.75, 3.05) is 40.4 Å². The van der Waals surface area contributed by atoms with E-state index in [4.69, 9.17) is 4.74 Å². The van der Waals surface area contributed by atoms with Crippen molar-refractivity contribution < 1.29 is 14.3 Å². The highest BCUT2D eigenvalue weighted by Gasteiger charge is 2.10. The molecule has 0 radical (unpaired) electrons. The number of amides is 1. The molecule has 0 saturated carbocycles. The predicted octanol–water partition coefficient (Wildman–Crippen LogP) is 2.20. The molecule has 0 spiro atoms. The number of ether oxygens (including phenoxy) is 1. The van der Waals surface area contributed by atoms with Crippen molar-refractivity contribution >= 4 is 11.7 Å². The van der Waals surface area contributed by atoms with Crippen LogP contribution in [0.5, 0.6) is 0 Å². The Morgan fingerprint density at radius 1 is 0.955 bits per heavy atom. The molecule has 0 aliphatic rings. The number of nitrogens with zero attached hydrogens (tertiary/aromatic N) is 2. The monoisotopic (exact) mass is 314 g/mol. The predicted molar refractivity (Wildman–Crippen MR) is 89.9 cm³/mol. The maximum atomic E-state index is 11.9. The summed E-state index contributed by atoms with van der Waals surface area (Å²) < 4.78 is 5.37. The van der Waals surface area contributed by atoms with Gasteiger partial charge in [0.2, 0.25) is 5.91 Å². The number of hydrogen-bond acceptors (Lipinski definition) is 4. The van der Waals surface area contributed by atoms with Crippen LogP contribution in [0, 0.1) is 5.92 Å². The molecule has 0 fully saturated rings. The number of hydrogen-bond donors (Lipinski definition) is 0. The Balaban J connectivity index is 3.68. The first kappa shape index (κ1) is 21.1. The normalized spacial score (nSPS) is 11.5. The lowest BCUT2D eigenvalue weighted by atomic mass is 10.1. The van der Waals surface area contributed by atoms with Crippen molar-refractivity contribution in [1.29, 1.82) is 0 Å². The van der Waals surface area contributed by atoms with E-state index in [0.29, 0.717) is 32.1 Å². The fourth-order valence-corrected chi connectivity index (χ4v) is 1.85. The summed E-state index contributed by atoms with van der Waals surface area (Å²) in [6.45, 7) is 10.7. The third-order valence-electron chi connectivity index (χ3n) is 3.91. The standard InChI is InChI=1S/C17H34N2O3/c1-14(2)16(20)8-12-22-13-9-17(21)19(6)11-7-10-18(5)15(3)4/h14-15H,7-13H2,1-6H3. The summed E-state index contributed by atoms with van der Waals surface area (Å²) in [6.07, 6.45) is 1.79. The van der Waals surface area contributed by atoms with Gasteiger partial charge in [0, 0.05) is 32.0 Å². The Morgan fingerprint density at radius 3 is 2.09 bits per heavy atom. The Hall–Kier alpha value is -0.940. The summed E-state index contributed by atoms with van der Waals surface area (Å²) in [5, 5.41) is 0. The van der Waals surface area contributed by atoms with Gasteiger partial charge in [-0.25, -0.2) is 0 Å². The summed E-state index contributed by atoms with van der Waals surface area (Å²) in [6, 6.07) is 0.531. The van der Waals surface area contributed by atoms with Crippen molar-refractivity contribution in [2.24, 2.45) is 5.92 Å². The average Bonchev–Trinajstić information content (AvgIpc) is 2.45. The molecule has 22 heavy (non-hydrogen) atoms. The number of rotatable bonds is 12. The molecule has 0 heterocycles. The van der Waals surface area contributed by atoms with Crippen molar-refractivity contribution in [3.63, 3.8) is 0 Å². The topological polar surface area (TPSA) is 49.9 Å². The second-order valence-corrected chi connectivity index (χ2v) is 6.48. The van der Waals surface area contributed by atoms with Gasteiger partial charge in [0.05, 0.1) is 19.6 Å². The summed E-state index contributed by atoms with van der Waals surface area (Å²) in [7, 11) is 3.93. The Morgan fingerprint density at radius 2 is 1.55 bits per heavy atom. The SMILES string of the molecule is CC(C)C(=O)CCOCCC(=O)N(C)CCCN(C)C(C)C. The molecule has 0 aromatic heterocycles. The minimum atomic E-state index is 0.0559. The van der Waals surface area contributed by atoms with Crippen molar-refractivity contribution in [2.45, 2.75) is 53.0 Å². The second kappa shape index (κ2) is 11.6. The molecule has 0 saturated heterocycles. The number of Topliss-reactive ketones (excluding diaryl/α,β-unsaturated/α-hetero) is 1. The van der Waals surface area contributed by atoms with Crippen molar-refractivity contribution in [3.8, 4) is 0 Å². The molecule has 1 amide bonds. The molecule has 0 aliphatic carbocycles. The zero-order valence-corrected chi connectivity index (χ0v) is 15.2. The fourth-order valence-electron chi connectivity index (χ4n) is 1.85. The lowest BCUT2D eigenvalue weighted by Crippen LogP contribution is -2.33. The van der Waals surface area contributed by atoms with Crippen LogP contribution in [0.15, 0.2) is 0 Å². The van der Waals surface area contributed by atoms with Gasteiger partial charge >= 0.3 is 0 Å². The molecule has 0 aliphatic heterocycles. The van der Waals surface area contributed by atoms with E-state index < -0.39 is 0 Å². The molecule has 0 atom stereocenters.